The fraction of sp³-hybridized carbons (Fsp3) is 0.357. The average molecular weight is 328 g/mol. The fourth-order valence-electron chi connectivity index (χ4n) is 2.01. The van der Waals surface area contributed by atoms with Gasteiger partial charge in [-0.15, -0.1) is 0 Å². The molecule has 0 saturated heterocycles. The summed E-state index contributed by atoms with van der Waals surface area (Å²) >= 11 is 5.82. The van der Waals surface area contributed by atoms with E-state index in [-0.39, 0.29) is 11.4 Å². The maximum Gasteiger partial charge on any atom is 0.240 e. The van der Waals surface area contributed by atoms with Crippen molar-refractivity contribution in [1.29, 1.82) is 0 Å². The first kappa shape index (κ1) is 16.0. The van der Waals surface area contributed by atoms with E-state index in [9.17, 15) is 8.42 Å². The number of halogens is 1. The highest BCUT2D eigenvalue weighted by molar-refractivity contribution is 7.89. The summed E-state index contributed by atoms with van der Waals surface area (Å²) in [5.74, 6) is 0. The number of rotatable bonds is 5. The standard InChI is InChI=1S/C14H18ClN3O2S/c1-10-11(2)17-18(12(10)3)8-7-16-21(19,20)14-6-4-5-13(15)9-14/h4-6,9,16H,7-8H2,1-3H3. The number of aryl methyl sites for hydroxylation is 1. The third kappa shape index (κ3) is 3.64. The Labute approximate surface area is 130 Å². The first-order valence-corrected chi connectivity index (χ1v) is 8.43. The van der Waals surface area contributed by atoms with Crippen LogP contribution in [0, 0.1) is 20.8 Å². The minimum Gasteiger partial charge on any atom is -0.268 e. The Morgan fingerprint density at radius 3 is 2.57 bits per heavy atom. The number of hydrogen-bond donors (Lipinski definition) is 1. The number of benzene rings is 1. The molecule has 0 aliphatic rings. The SMILES string of the molecule is Cc1nn(CCNS(=O)(=O)c2cccc(Cl)c2)c(C)c1C. The second-order valence-electron chi connectivity index (χ2n) is 4.87. The number of nitrogens with one attached hydrogen (secondary N) is 1. The van der Waals surface area contributed by atoms with Crippen molar-refractivity contribution in [1.82, 2.24) is 14.5 Å². The van der Waals surface area contributed by atoms with Gasteiger partial charge in [0.25, 0.3) is 0 Å². The minimum atomic E-state index is -3.54. The van der Waals surface area contributed by atoms with Crippen LogP contribution >= 0.6 is 11.6 Å². The van der Waals surface area contributed by atoms with E-state index < -0.39 is 10.0 Å². The minimum absolute atomic E-state index is 0.166. The molecular formula is C14H18ClN3O2S. The van der Waals surface area contributed by atoms with Gasteiger partial charge in [0.2, 0.25) is 10.0 Å². The molecule has 0 aliphatic heterocycles. The van der Waals surface area contributed by atoms with Gasteiger partial charge in [-0.2, -0.15) is 5.10 Å². The number of sulfonamides is 1. The van der Waals surface area contributed by atoms with Crippen LogP contribution in [-0.4, -0.2) is 24.7 Å². The van der Waals surface area contributed by atoms with Crippen molar-refractivity contribution in [2.24, 2.45) is 0 Å². The highest BCUT2D eigenvalue weighted by Crippen LogP contribution is 2.15. The van der Waals surface area contributed by atoms with E-state index in [0.717, 1.165) is 17.0 Å². The fourth-order valence-corrected chi connectivity index (χ4v) is 3.33. The monoisotopic (exact) mass is 327 g/mol. The van der Waals surface area contributed by atoms with Crippen LogP contribution in [0.2, 0.25) is 5.02 Å². The van der Waals surface area contributed by atoms with Crippen molar-refractivity contribution in [3.05, 3.63) is 46.2 Å². The van der Waals surface area contributed by atoms with Gasteiger partial charge >= 0.3 is 0 Å². The molecular weight excluding hydrogens is 310 g/mol. The summed E-state index contributed by atoms with van der Waals surface area (Å²) in [5.41, 5.74) is 3.15. The van der Waals surface area contributed by atoms with E-state index in [0.29, 0.717) is 11.6 Å². The summed E-state index contributed by atoms with van der Waals surface area (Å²) in [4.78, 5) is 0.166. The van der Waals surface area contributed by atoms with Crippen LogP contribution < -0.4 is 4.72 Å². The molecule has 0 fully saturated rings. The maximum atomic E-state index is 12.1. The summed E-state index contributed by atoms with van der Waals surface area (Å²) in [6, 6.07) is 6.19. The Morgan fingerprint density at radius 2 is 2.00 bits per heavy atom. The molecule has 21 heavy (non-hydrogen) atoms. The molecule has 2 rings (SSSR count). The van der Waals surface area contributed by atoms with E-state index in [2.05, 4.69) is 9.82 Å². The normalized spacial score (nSPS) is 11.8. The van der Waals surface area contributed by atoms with Crippen molar-refractivity contribution in [2.45, 2.75) is 32.2 Å². The largest absolute Gasteiger partial charge is 0.268 e. The predicted octanol–water partition coefficient (Wildman–Crippen LogP) is 2.44. The molecule has 2 aromatic rings. The molecule has 1 N–H and O–H groups in total. The van der Waals surface area contributed by atoms with Crippen molar-refractivity contribution in [3.8, 4) is 0 Å². The zero-order valence-corrected chi connectivity index (χ0v) is 13.8. The molecule has 1 aromatic heterocycles. The third-order valence-electron chi connectivity index (χ3n) is 3.47. The summed E-state index contributed by atoms with van der Waals surface area (Å²) in [6.45, 7) is 6.68. The molecule has 0 radical (unpaired) electrons. The molecule has 1 aromatic carbocycles. The third-order valence-corrected chi connectivity index (χ3v) is 5.16. The van der Waals surface area contributed by atoms with Crippen LogP contribution in [-0.2, 0) is 16.6 Å². The van der Waals surface area contributed by atoms with Crippen LogP contribution in [0.1, 0.15) is 17.0 Å². The molecule has 5 nitrogen and oxygen atoms in total. The molecule has 0 amide bonds. The zero-order chi connectivity index (χ0) is 15.6. The summed E-state index contributed by atoms with van der Waals surface area (Å²) in [5, 5.41) is 4.77. The summed E-state index contributed by atoms with van der Waals surface area (Å²) in [6.07, 6.45) is 0. The topological polar surface area (TPSA) is 64.0 Å². The molecule has 0 bridgehead atoms. The predicted molar refractivity (Wildman–Crippen MR) is 83.1 cm³/mol. The van der Waals surface area contributed by atoms with Crippen molar-refractivity contribution < 1.29 is 8.42 Å². The van der Waals surface area contributed by atoms with Crippen LogP contribution in [0.15, 0.2) is 29.2 Å². The van der Waals surface area contributed by atoms with E-state index in [1.165, 1.54) is 12.1 Å². The van der Waals surface area contributed by atoms with E-state index in [1.54, 1.807) is 12.1 Å². The summed E-state index contributed by atoms with van der Waals surface area (Å²) < 4.78 is 28.6. The molecule has 0 unspecified atom stereocenters. The first-order valence-electron chi connectivity index (χ1n) is 6.57. The van der Waals surface area contributed by atoms with Gasteiger partial charge in [0.05, 0.1) is 17.1 Å². The zero-order valence-electron chi connectivity index (χ0n) is 12.2. The van der Waals surface area contributed by atoms with E-state index in [1.807, 2.05) is 25.5 Å². The van der Waals surface area contributed by atoms with Crippen LogP contribution in [0.4, 0.5) is 0 Å². The highest BCUT2D eigenvalue weighted by Gasteiger charge is 2.14. The van der Waals surface area contributed by atoms with Gasteiger partial charge in [0.15, 0.2) is 0 Å². The molecule has 0 spiro atoms. The Balaban J connectivity index is 2.04. The molecule has 0 saturated carbocycles. The van der Waals surface area contributed by atoms with Gasteiger partial charge in [-0.1, -0.05) is 17.7 Å². The van der Waals surface area contributed by atoms with Crippen molar-refractivity contribution in [3.63, 3.8) is 0 Å². The van der Waals surface area contributed by atoms with Crippen LogP contribution in [0.5, 0.6) is 0 Å². The van der Waals surface area contributed by atoms with Crippen LogP contribution in [0.25, 0.3) is 0 Å². The molecule has 7 heteroatoms. The molecule has 114 valence electrons. The quantitative estimate of drug-likeness (QED) is 0.917. The lowest BCUT2D eigenvalue weighted by atomic mass is 10.2. The molecule has 0 aliphatic carbocycles. The van der Waals surface area contributed by atoms with Gasteiger partial charge in [-0.05, 0) is 44.5 Å². The maximum absolute atomic E-state index is 12.1. The Bertz CT molecular complexity index is 754. The second kappa shape index (κ2) is 6.17. The van der Waals surface area contributed by atoms with Gasteiger partial charge in [-0.3, -0.25) is 4.68 Å². The lowest BCUT2D eigenvalue weighted by Crippen LogP contribution is -2.28. The van der Waals surface area contributed by atoms with E-state index in [4.69, 9.17) is 11.6 Å². The molecule has 0 atom stereocenters. The Hall–Kier alpha value is -1.37. The van der Waals surface area contributed by atoms with Crippen LogP contribution in [0.3, 0.4) is 0 Å². The Morgan fingerprint density at radius 1 is 1.29 bits per heavy atom. The van der Waals surface area contributed by atoms with Gasteiger partial charge in [0.1, 0.15) is 0 Å². The van der Waals surface area contributed by atoms with Gasteiger partial charge in [0, 0.05) is 17.3 Å². The van der Waals surface area contributed by atoms with Gasteiger partial charge in [-0.25, -0.2) is 13.1 Å². The number of aromatic nitrogens is 2. The average Bonchev–Trinajstić information content (AvgIpc) is 2.66. The second-order valence-corrected chi connectivity index (χ2v) is 7.08. The Kier molecular flexibility index (Phi) is 4.70. The highest BCUT2D eigenvalue weighted by atomic mass is 35.5. The number of hydrogen-bond acceptors (Lipinski definition) is 3. The van der Waals surface area contributed by atoms with Crippen molar-refractivity contribution in [2.75, 3.05) is 6.54 Å². The summed E-state index contributed by atoms with van der Waals surface area (Å²) in [7, 11) is -3.54. The van der Waals surface area contributed by atoms with E-state index >= 15 is 0 Å². The first-order chi connectivity index (χ1) is 9.81. The smallest absolute Gasteiger partial charge is 0.240 e. The molecule has 1 heterocycles. The lowest BCUT2D eigenvalue weighted by Gasteiger charge is -2.08. The lowest BCUT2D eigenvalue weighted by molar-refractivity contribution is 0.554. The van der Waals surface area contributed by atoms with Crippen molar-refractivity contribution >= 4 is 21.6 Å². The number of nitrogens with zero attached hydrogens (tertiary/aromatic N) is 2. The van der Waals surface area contributed by atoms with Gasteiger partial charge < -0.3 is 0 Å².